The summed E-state index contributed by atoms with van der Waals surface area (Å²) in [7, 11) is 0. The number of benzene rings is 1. The molecule has 2 N–H and O–H groups in total. The predicted molar refractivity (Wildman–Crippen MR) is 79.2 cm³/mol. The zero-order valence-corrected chi connectivity index (χ0v) is 12.4. The molecule has 1 aromatic carbocycles. The van der Waals surface area contributed by atoms with Gasteiger partial charge in [0, 0.05) is 31.4 Å². The summed E-state index contributed by atoms with van der Waals surface area (Å²) in [5, 5.41) is 11.3. The molecule has 0 fully saturated rings. The van der Waals surface area contributed by atoms with E-state index in [2.05, 4.69) is 5.32 Å². The summed E-state index contributed by atoms with van der Waals surface area (Å²) < 4.78 is 0. The maximum atomic E-state index is 11.9. The zero-order chi connectivity index (χ0) is 15.8. The van der Waals surface area contributed by atoms with E-state index >= 15 is 0 Å². The number of carboxylic acids is 1. The van der Waals surface area contributed by atoms with Crippen molar-refractivity contribution in [3.63, 3.8) is 0 Å². The minimum Gasteiger partial charge on any atom is -0.481 e. The third-order valence-corrected chi connectivity index (χ3v) is 3.06. The molecule has 114 valence electrons. The van der Waals surface area contributed by atoms with Crippen molar-refractivity contribution in [1.29, 1.82) is 0 Å². The smallest absolute Gasteiger partial charge is 0.303 e. The van der Waals surface area contributed by atoms with Gasteiger partial charge in [-0.2, -0.15) is 0 Å². The lowest BCUT2D eigenvalue weighted by Gasteiger charge is -2.12. The highest BCUT2D eigenvalue weighted by molar-refractivity contribution is 5.96. The van der Waals surface area contributed by atoms with Crippen LogP contribution >= 0.6 is 0 Å². The molecule has 0 saturated carbocycles. The Hall–Kier alpha value is -2.17. The molecule has 5 nitrogen and oxygen atoms in total. The number of amides is 1. The fourth-order valence-electron chi connectivity index (χ4n) is 2.12. The molecule has 1 rings (SSSR count). The van der Waals surface area contributed by atoms with Crippen LogP contribution in [0.1, 0.15) is 49.0 Å². The van der Waals surface area contributed by atoms with Gasteiger partial charge in [0.1, 0.15) is 0 Å². The topological polar surface area (TPSA) is 83.5 Å². The minimum absolute atomic E-state index is 0.0120. The Balaban J connectivity index is 2.51. The van der Waals surface area contributed by atoms with E-state index in [1.165, 1.54) is 6.92 Å². The van der Waals surface area contributed by atoms with Crippen LogP contribution in [0.3, 0.4) is 0 Å². The predicted octanol–water partition coefficient (Wildman–Crippen LogP) is 2.19. The molecule has 5 heteroatoms. The Morgan fingerprint density at radius 2 is 1.76 bits per heavy atom. The second-order valence-electron chi connectivity index (χ2n) is 5.17. The van der Waals surface area contributed by atoms with E-state index in [0.29, 0.717) is 18.4 Å². The molecule has 0 aliphatic heterocycles. The molecule has 21 heavy (non-hydrogen) atoms. The van der Waals surface area contributed by atoms with E-state index < -0.39 is 5.97 Å². The van der Waals surface area contributed by atoms with Crippen molar-refractivity contribution in [3.05, 3.63) is 35.4 Å². The third kappa shape index (κ3) is 6.70. The normalized spacial score (nSPS) is 11.7. The lowest BCUT2D eigenvalue weighted by molar-refractivity contribution is -0.137. The van der Waals surface area contributed by atoms with Crippen LogP contribution in [0.4, 0.5) is 0 Å². The van der Waals surface area contributed by atoms with E-state index in [4.69, 9.17) is 5.11 Å². The van der Waals surface area contributed by atoms with E-state index in [-0.39, 0.29) is 30.6 Å². The number of Topliss-reactive ketones (excluding diaryl/α,β-unsaturated/α-hetero) is 1. The average Bonchev–Trinajstić information content (AvgIpc) is 2.37. The maximum absolute atomic E-state index is 11.9. The van der Waals surface area contributed by atoms with Gasteiger partial charge in [-0.15, -0.1) is 0 Å². The van der Waals surface area contributed by atoms with Crippen LogP contribution in [-0.2, 0) is 16.0 Å². The summed E-state index contributed by atoms with van der Waals surface area (Å²) in [6, 6.07) is 7.27. The van der Waals surface area contributed by atoms with Crippen LogP contribution in [0.5, 0.6) is 0 Å². The van der Waals surface area contributed by atoms with Gasteiger partial charge in [0.25, 0.3) is 0 Å². The third-order valence-electron chi connectivity index (χ3n) is 3.06. The molecular formula is C16H21NO4. The Morgan fingerprint density at radius 3 is 2.29 bits per heavy atom. The molecule has 0 aliphatic carbocycles. The van der Waals surface area contributed by atoms with Gasteiger partial charge in [-0.3, -0.25) is 14.4 Å². The van der Waals surface area contributed by atoms with E-state index in [0.717, 1.165) is 5.56 Å². The molecule has 1 aromatic rings. The second-order valence-corrected chi connectivity index (χ2v) is 5.17. The number of rotatable bonds is 8. The summed E-state index contributed by atoms with van der Waals surface area (Å²) in [6.45, 7) is 3.40. The number of nitrogens with one attached hydrogen (secondary N) is 1. The zero-order valence-electron chi connectivity index (χ0n) is 12.4. The van der Waals surface area contributed by atoms with Crippen molar-refractivity contribution in [1.82, 2.24) is 5.32 Å². The first-order valence-corrected chi connectivity index (χ1v) is 6.99. The van der Waals surface area contributed by atoms with Gasteiger partial charge in [0.2, 0.25) is 5.91 Å². The van der Waals surface area contributed by atoms with Gasteiger partial charge in [-0.1, -0.05) is 24.3 Å². The van der Waals surface area contributed by atoms with Crippen LogP contribution in [0.2, 0.25) is 0 Å². The first-order valence-electron chi connectivity index (χ1n) is 6.99. The summed E-state index contributed by atoms with van der Waals surface area (Å²) >= 11 is 0. The largest absolute Gasteiger partial charge is 0.481 e. The summed E-state index contributed by atoms with van der Waals surface area (Å²) in [4.78, 5) is 33.2. The highest BCUT2D eigenvalue weighted by Crippen LogP contribution is 2.11. The number of hydrogen-bond donors (Lipinski definition) is 2. The second kappa shape index (κ2) is 8.19. The number of carbonyl (C=O) groups is 3. The molecule has 0 aromatic heterocycles. The Kier molecular flexibility index (Phi) is 6.59. The standard InChI is InChI=1S/C16H21NO4/c1-11(17-12(2)18)10-13-6-8-14(9-7-13)15(19)4-3-5-16(20)21/h6-9,11H,3-5,10H2,1-2H3,(H,17,18)(H,20,21). The summed E-state index contributed by atoms with van der Waals surface area (Å²) in [6.07, 6.45) is 1.31. The van der Waals surface area contributed by atoms with E-state index in [9.17, 15) is 14.4 Å². The van der Waals surface area contributed by atoms with Gasteiger partial charge in [-0.25, -0.2) is 0 Å². The first kappa shape index (κ1) is 16.9. The summed E-state index contributed by atoms with van der Waals surface area (Å²) in [5.41, 5.74) is 1.63. The van der Waals surface area contributed by atoms with Crippen molar-refractivity contribution in [2.45, 2.75) is 45.6 Å². The van der Waals surface area contributed by atoms with Crippen molar-refractivity contribution in [2.24, 2.45) is 0 Å². The number of hydrogen-bond acceptors (Lipinski definition) is 3. The Labute approximate surface area is 124 Å². The number of carbonyl (C=O) groups excluding carboxylic acids is 2. The van der Waals surface area contributed by atoms with Crippen molar-refractivity contribution < 1.29 is 19.5 Å². The monoisotopic (exact) mass is 291 g/mol. The van der Waals surface area contributed by atoms with Gasteiger partial charge in [0.15, 0.2) is 5.78 Å². The SMILES string of the molecule is CC(=O)NC(C)Cc1ccc(C(=O)CCCC(=O)O)cc1. The quantitative estimate of drug-likeness (QED) is 0.719. The highest BCUT2D eigenvalue weighted by Gasteiger charge is 2.09. The lowest BCUT2D eigenvalue weighted by Crippen LogP contribution is -2.31. The molecule has 0 aliphatic rings. The molecular weight excluding hydrogens is 270 g/mol. The van der Waals surface area contributed by atoms with Gasteiger partial charge in [-0.05, 0) is 25.3 Å². The van der Waals surface area contributed by atoms with Gasteiger partial charge < -0.3 is 10.4 Å². The molecule has 0 saturated heterocycles. The molecule has 1 atom stereocenters. The van der Waals surface area contributed by atoms with Crippen LogP contribution in [0, 0.1) is 0 Å². The van der Waals surface area contributed by atoms with Crippen molar-refractivity contribution in [2.75, 3.05) is 0 Å². The molecule has 0 bridgehead atoms. The van der Waals surface area contributed by atoms with Crippen LogP contribution in [-0.4, -0.2) is 28.8 Å². The van der Waals surface area contributed by atoms with Crippen LogP contribution in [0.25, 0.3) is 0 Å². The average molecular weight is 291 g/mol. The minimum atomic E-state index is -0.884. The number of aliphatic carboxylic acids is 1. The first-order chi connectivity index (χ1) is 9.88. The fourth-order valence-corrected chi connectivity index (χ4v) is 2.12. The molecule has 0 spiro atoms. The number of carboxylic acid groups (broad SMARTS) is 1. The van der Waals surface area contributed by atoms with Crippen LogP contribution < -0.4 is 5.32 Å². The van der Waals surface area contributed by atoms with Gasteiger partial charge in [0.05, 0.1) is 0 Å². The fraction of sp³-hybridized carbons (Fsp3) is 0.438. The van der Waals surface area contributed by atoms with E-state index in [1.54, 1.807) is 12.1 Å². The lowest BCUT2D eigenvalue weighted by atomic mass is 10.0. The molecule has 1 amide bonds. The van der Waals surface area contributed by atoms with Gasteiger partial charge >= 0.3 is 5.97 Å². The molecule has 1 unspecified atom stereocenters. The van der Waals surface area contributed by atoms with E-state index in [1.807, 2.05) is 19.1 Å². The summed E-state index contributed by atoms with van der Waals surface area (Å²) in [5.74, 6) is -0.990. The molecule has 0 heterocycles. The molecule has 0 radical (unpaired) electrons. The van der Waals surface area contributed by atoms with Crippen molar-refractivity contribution in [3.8, 4) is 0 Å². The Morgan fingerprint density at radius 1 is 1.14 bits per heavy atom. The maximum Gasteiger partial charge on any atom is 0.303 e. The Bertz CT molecular complexity index is 508. The number of ketones is 1. The highest BCUT2D eigenvalue weighted by atomic mass is 16.4. The van der Waals surface area contributed by atoms with Crippen molar-refractivity contribution >= 4 is 17.7 Å². The van der Waals surface area contributed by atoms with Crippen LogP contribution in [0.15, 0.2) is 24.3 Å².